The van der Waals surface area contributed by atoms with Gasteiger partial charge in [0.1, 0.15) is 0 Å². The molecular formula is C20H43NO2S2. The Morgan fingerprint density at radius 3 is 1.96 bits per heavy atom. The van der Waals surface area contributed by atoms with Crippen molar-refractivity contribution < 1.29 is 9.47 Å². The molecule has 0 saturated carbocycles. The van der Waals surface area contributed by atoms with Gasteiger partial charge in [-0.2, -0.15) is 20.4 Å². The molecule has 0 aromatic carbocycles. The van der Waals surface area contributed by atoms with Gasteiger partial charge in [0, 0.05) is 6.54 Å². The van der Waals surface area contributed by atoms with Gasteiger partial charge in [0.2, 0.25) is 0 Å². The molecule has 1 aliphatic heterocycles. The zero-order chi connectivity index (χ0) is 19.4. The van der Waals surface area contributed by atoms with Crippen LogP contribution in [-0.2, 0) is 9.47 Å². The van der Waals surface area contributed by atoms with Crippen molar-refractivity contribution in [2.24, 2.45) is 0 Å². The predicted octanol–water partition coefficient (Wildman–Crippen LogP) is 5.21. The van der Waals surface area contributed by atoms with Crippen LogP contribution in [0.25, 0.3) is 0 Å². The third kappa shape index (κ3) is 7.84. The van der Waals surface area contributed by atoms with E-state index in [9.17, 15) is 0 Å². The maximum absolute atomic E-state index is 6.20. The molecule has 152 valence electrons. The van der Waals surface area contributed by atoms with E-state index in [4.69, 9.17) is 9.47 Å². The van der Waals surface area contributed by atoms with Gasteiger partial charge in [-0.05, 0) is 83.5 Å². The minimum absolute atomic E-state index is 0.0623. The van der Waals surface area contributed by atoms with Gasteiger partial charge < -0.3 is 9.47 Å². The smallest absolute Gasteiger partial charge is 0.0652 e. The lowest BCUT2D eigenvalue weighted by Gasteiger charge is -2.46. The Kier molecular flexibility index (Phi) is 8.42. The van der Waals surface area contributed by atoms with E-state index in [2.05, 4.69) is 63.0 Å². The van der Waals surface area contributed by atoms with Crippen LogP contribution >= 0.6 is 20.4 Å². The average molecular weight is 394 g/mol. The summed E-state index contributed by atoms with van der Waals surface area (Å²) < 4.78 is 14.9. The van der Waals surface area contributed by atoms with Crippen LogP contribution in [0.5, 0.6) is 0 Å². The Balaban J connectivity index is 2.37. The lowest BCUT2D eigenvalue weighted by Crippen LogP contribution is -2.32. The molecule has 0 aliphatic carbocycles. The monoisotopic (exact) mass is 393 g/mol. The van der Waals surface area contributed by atoms with Crippen molar-refractivity contribution in [3.8, 4) is 0 Å². The zero-order valence-corrected chi connectivity index (χ0v) is 19.7. The Morgan fingerprint density at radius 2 is 1.44 bits per heavy atom. The second kappa shape index (κ2) is 9.01. The predicted molar refractivity (Wildman–Crippen MR) is 119 cm³/mol. The largest absolute Gasteiger partial charge is 0.375 e. The van der Waals surface area contributed by atoms with Crippen molar-refractivity contribution in [2.45, 2.75) is 58.2 Å². The molecule has 1 rings (SSSR count). The molecule has 3 nitrogen and oxygen atoms in total. The third-order valence-corrected chi connectivity index (χ3v) is 12.7. The van der Waals surface area contributed by atoms with E-state index >= 15 is 0 Å². The van der Waals surface area contributed by atoms with Crippen molar-refractivity contribution in [1.82, 2.24) is 3.71 Å². The molecule has 0 spiro atoms. The fraction of sp³-hybridized carbons (Fsp3) is 0.900. The Morgan fingerprint density at radius 1 is 0.920 bits per heavy atom. The molecule has 1 heterocycles. The number of hydrogen-bond acceptors (Lipinski definition) is 3. The molecule has 1 fully saturated rings. The summed E-state index contributed by atoms with van der Waals surface area (Å²) in [6.07, 6.45) is 15.0. The highest BCUT2D eigenvalue weighted by molar-refractivity contribution is 8.47. The van der Waals surface area contributed by atoms with Gasteiger partial charge in [-0.25, -0.2) is 3.71 Å². The fourth-order valence-corrected chi connectivity index (χ4v) is 13.0. The lowest BCUT2D eigenvalue weighted by molar-refractivity contribution is -0.0687. The van der Waals surface area contributed by atoms with Gasteiger partial charge in [0.05, 0.1) is 24.4 Å². The number of hydrogen-bond donors (Lipinski definition) is 0. The summed E-state index contributed by atoms with van der Waals surface area (Å²) >= 11 is 0. The second-order valence-electron chi connectivity index (χ2n) is 9.25. The van der Waals surface area contributed by atoms with Crippen LogP contribution in [0.15, 0.2) is 12.7 Å². The molecule has 0 aromatic rings. The van der Waals surface area contributed by atoms with Crippen LogP contribution in [-0.4, -0.2) is 71.2 Å². The van der Waals surface area contributed by atoms with Crippen LogP contribution in [0, 0.1) is 0 Å². The molecule has 25 heavy (non-hydrogen) atoms. The first-order valence-corrected chi connectivity index (χ1v) is 14.6. The normalized spacial score (nSPS) is 23.4. The van der Waals surface area contributed by atoms with E-state index in [1.165, 1.54) is 24.5 Å². The molecule has 0 unspecified atom stereocenters. The van der Waals surface area contributed by atoms with Crippen LogP contribution in [0.4, 0.5) is 0 Å². The van der Waals surface area contributed by atoms with Gasteiger partial charge in [0.25, 0.3) is 0 Å². The van der Waals surface area contributed by atoms with Crippen LogP contribution in [0.2, 0.25) is 0 Å². The lowest BCUT2D eigenvalue weighted by atomic mass is 10.0. The van der Waals surface area contributed by atoms with E-state index in [0.29, 0.717) is 6.61 Å². The fourth-order valence-electron chi connectivity index (χ4n) is 3.29. The Hall–Kier alpha value is 0.320. The summed E-state index contributed by atoms with van der Waals surface area (Å²) in [6, 6.07) is 0. The standard InChI is InChI=1S/C20H43NO2S2/c1-10-15-22-20(4,5)13-16-23-19(2,3)12-11-14-21-24(6,7)17-18-25(21,8)9/h10H,1,11-18H2,2-9H3. The second-order valence-corrected chi connectivity index (χ2v) is 17.1. The minimum Gasteiger partial charge on any atom is -0.375 e. The summed E-state index contributed by atoms with van der Waals surface area (Å²) in [7, 11) is -1.11. The van der Waals surface area contributed by atoms with Gasteiger partial charge in [-0.1, -0.05) is 6.08 Å². The third-order valence-electron chi connectivity index (χ3n) is 5.09. The summed E-state index contributed by atoms with van der Waals surface area (Å²) in [4.78, 5) is 0. The molecule has 1 saturated heterocycles. The zero-order valence-electron chi connectivity index (χ0n) is 18.0. The van der Waals surface area contributed by atoms with Crippen molar-refractivity contribution in [3.05, 3.63) is 12.7 Å². The van der Waals surface area contributed by atoms with Gasteiger partial charge in [0.15, 0.2) is 0 Å². The topological polar surface area (TPSA) is 21.7 Å². The van der Waals surface area contributed by atoms with Crippen molar-refractivity contribution in [3.63, 3.8) is 0 Å². The SMILES string of the molecule is C=CCOC(C)(C)CCOC(C)(C)CCCN1S(C)(C)CCS1(C)C. The van der Waals surface area contributed by atoms with Crippen molar-refractivity contribution in [1.29, 1.82) is 0 Å². The van der Waals surface area contributed by atoms with Crippen LogP contribution < -0.4 is 0 Å². The van der Waals surface area contributed by atoms with Crippen molar-refractivity contribution in [2.75, 3.05) is 56.3 Å². The molecule has 5 heteroatoms. The molecule has 0 amide bonds. The summed E-state index contributed by atoms with van der Waals surface area (Å²) in [5, 5.41) is 0. The maximum atomic E-state index is 6.20. The first kappa shape index (κ1) is 23.4. The molecule has 0 atom stereocenters. The molecule has 0 bridgehead atoms. The quantitative estimate of drug-likeness (QED) is 0.450. The van der Waals surface area contributed by atoms with Gasteiger partial charge in [-0.3, -0.25) is 0 Å². The van der Waals surface area contributed by atoms with E-state index in [-0.39, 0.29) is 11.2 Å². The highest BCUT2D eigenvalue weighted by Crippen LogP contribution is 2.67. The molecule has 0 aromatic heterocycles. The first-order chi connectivity index (χ1) is 11.3. The van der Waals surface area contributed by atoms with Crippen LogP contribution in [0.1, 0.15) is 47.0 Å². The Labute approximate surface area is 160 Å². The molecule has 0 radical (unpaired) electrons. The number of ether oxygens (including phenoxy) is 2. The van der Waals surface area contributed by atoms with Gasteiger partial charge in [-0.15, -0.1) is 6.58 Å². The summed E-state index contributed by atoms with van der Waals surface area (Å²) in [5.74, 6) is 2.82. The van der Waals surface area contributed by atoms with E-state index in [1.54, 1.807) is 6.08 Å². The molecule has 0 N–H and O–H groups in total. The highest BCUT2D eigenvalue weighted by atomic mass is 32.3. The van der Waals surface area contributed by atoms with E-state index < -0.39 is 20.4 Å². The Bertz CT molecular complexity index is 417. The van der Waals surface area contributed by atoms with Crippen LogP contribution in [0.3, 0.4) is 0 Å². The van der Waals surface area contributed by atoms with E-state index in [1.807, 2.05) is 0 Å². The molecule has 1 aliphatic rings. The van der Waals surface area contributed by atoms with E-state index in [0.717, 1.165) is 19.4 Å². The number of nitrogens with zero attached hydrogens (tertiary/aromatic N) is 1. The van der Waals surface area contributed by atoms with Gasteiger partial charge >= 0.3 is 0 Å². The van der Waals surface area contributed by atoms with Crippen molar-refractivity contribution >= 4 is 20.4 Å². The average Bonchev–Trinajstić information content (AvgIpc) is 2.67. The first-order valence-electron chi connectivity index (χ1n) is 9.40. The summed E-state index contributed by atoms with van der Waals surface area (Å²) in [6.45, 7) is 15.0. The number of rotatable bonds is 11. The minimum atomic E-state index is -0.553. The maximum Gasteiger partial charge on any atom is 0.0652 e. The molecular weight excluding hydrogens is 350 g/mol. The summed E-state index contributed by atoms with van der Waals surface area (Å²) in [5.41, 5.74) is -0.215. The highest BCUT2D eigenvalue weighted by Gasteiger charge is 2.38.